The average Bonchev–Trinajstić information content (AvgIpc) is 3.00. The van der Waals surface area contributed by atoms with Crippen LogP contribution in [0.2, 0.25) is 0 Å². The van der Waals surface area contributed by atoms with Gasteiger partial charge in [0.1, 0.15) is 18.0 Å². The Balaban J connectivity index is 1.31. The van der Waals surface area contributed by atoms with Crippen molar-refractivity contribution in [3.63, 3.8) is 0 Å². The molecule has 0 spiro atoms. The molecule has 0 radical (unpaired) electrons. The molecule has 0 aromatic heterocycles. The Kier molecular flexibility index (Phi) is 9.82. The summed E-state index contributed by atoms with van der Waals surface area (Å²) in [6.07, 6.45) is -10.8. The minimum atomic E-state index is -4.80. The molecule has 5 rings (SSSR count). The quantitative estimate of drug-likeness (QED) is 0.319. The summed E-state index contributed by atoms with van der Waals surface area (Å²) < 4.78 is 71.9. The average molecular weight is 617 g/mol. The lowest BCUT2D eigenvalue weighted by molar-refractivity contribution is -0.259. The molecule has 3 aromatic carbocycles. The molecular weight excluding hydrogens is 584 g/mol. The van der Waals surface area contributed by atoms with Crippen molar-refractivity contribution in [1.29, 1.82) is 0 Å². The standard InChI is InChI=1S/C32H32F4N2O6/c33-23-12-10-22(11-13-23)29-24-9-5-4-8-21(24)14-15-38(29)30(39)26-16-25(37-31(40)41)27(18-43-26)44-28(32(34,35)36)19-42-17-20-6-2-1-3-7-20/h1-13,25-29,37H,14-19H2,(H,40,41)/t25-,26+,27-,28-,29-/m0/s1. The first kappa shape index (κ1) is 31.4. The van der Waals surface area contributed by atoms with Gasteiger partial charge in [0.25, 0.3) is 5.91 Å². The van der Waals surface area contributed by atoms with E-state index in [1.54, 1.807) is 47.4 Å². The number of carbonyl (C=O) groups is 2. The second-order valence-electron chi connectivity index (χ2n) is 10.8. The topological polar surface area (TPSA) is 97.3 Å². The van der Waals surface area contributed by atoms with Crippen LogP contribution in [0.15, 0.2) is 78.9 Å². The number of rotatable bonds is 9. The lowest BCUT2D eigenvalue weighted by Crippen LogP contribution is -2.58. The molecule has 8 nitrogen and oxygen atoms in total. The van der Waals surface area contributed by atoms with Gasteiger partial charge in [-0.05, 0) is 40.8 Å². The van der Waals surface area contributed by atoms with Crippen LogP contribution in [0.4, 0.5) is 22.4 Å². The van der Waals surface area contributed by atoms with Crippen molar-refractivity contribution < 1.29 is 46.5 Å². The number of fused-ring (bicyclic) bond motifs is 1. The first-order valence-corrected chi connectivity index (χ1v) is 14.2. The summed E-state index contributed by atoms with van der Waals surface area (Å²) in [6.45, 7) is -1.04. The van der Waals surface area contributed by atoms with Gasteiger partial charge < -0.3 is 29.5 Å². The zero-order chi connectivity index (χ0) is 31.3. The summed E-state index contributed by atoms with van der Waals surface area (Å²) in [5, 5.41) is 11.7. The number of carboxylic acid groups (broad SMARTS) is 1. The number of carbonyl (C=O) groups excluding carboxylic acids is 1. The summed E-state index contributed by atoms with van der Waals surface area (Å²) in [4.78, 5) is 27.1. The van der Waals surface area contributed by atoms with Gasteiger partial charge in [-0.25, -0.2) is 9.18 Å². The summed E-state index contributed by atoms with van der Waals surface area (Å²) in [6, 6.07) is 20.3. The molecule has 2 N–H and O–H groups in total. The number of hydrogen-bond donors (Lipinski definition) is 2. The SMILES string of the molecule is O=C(O)N[C@H]1C[C@H](C(=O)N2CCc3ccccc3[C@@H]2c2ccc(F)cc2)OC[C@@H]1O[C@@H](COCc1ccccc1)C(F)(F)F. The second-order valence-corrected chi connectivity index (χ2v) is 10.8. The predicted molar refractivity (Wildman–Crippen MR) is 150 cm³/mol. The monoisotopic (exact) mass is 616 g/mol. The number of amides is 2. The number of alkyl halides is 3. The Morgan fingerprint density at radius 1 is 1.02 bits per heavy atom. The number of hydrogen-bond acceptors (Lipinski definition) is 5. The van der Waals surface area contributed by atoms with Crippen LogP contribution in [-0.2, 0) is 32.0 Å². The van der Waals surface area contributed by atoms with Crippen LogP contribution in [0.1, 0.15) is 34.7 Å². The predicted octanol–water partition coefficient (Wildman–Crippen LogP) is 5.26. The van der Waals surface area contributed by atoms with Gasteiger partial charge in [-0.1, -0.05) is 66.7 Å². The van der Waals surface area contributed by atoms with Crippen molar-refractivity contribution in [3.05, 3.63) is 107 Å². The van der Waals surface area contributed by atoms with E-state index in [1.807, 2.05) is 24.3 Å². The van der Waals surface area contributed by atoms with Gasteiger partial charge in [0.05, 0.1) is 31.9 Å². The third-order valence-corrected chi connectivity index (χ3v) is 7.80. The number of ether oxygens (including phenoxy) is 3. The van der Waals surface area contributed by atoms with Gasteiger partial charge in [0.15, 0.2) is 6.10 Å². The smallest absolute Gasteiger partial charge is 0.416 e. The lowest BCUT2D eigenvalue weighted by Gasteiger charge is -2.42. The van der Waals surface area contributed by atoms with E-state index in [-0.39, 0.29) is 13.0 Å². The van der Waals surface area contributed by atoms with Gasteiger partial charge in [0.2, 0.25) is 0 Å². The third kappa shape index (κ3) is 7.55. The molecule has 3 aromatic rings. The second kappa shape index (κ2) is 13.7. The van der Waals surface area contributed by atoms with Crippen LogP contribution in [0, 0.1) is 5.82 Å². The van der Waals surface area contributed by atoms with Crippen LogP contribution in [0.3, 0.4) is 0 Å². The van der Waals surface area contributed by atoms with Gasteiger partial charge in [-0.2, -0.15) is 13.2 Å². The summed E-state index contributed by atoms with van der Waals surface area (Å²) in [5.41, 5.74) is 3.24. The van der Waals surface area contributed by atoms with E-state index in [1.165, 1.54) is 12.1 Å². The van der Waals surface area contributed by atoms with E-state index in [4.69, 9.17) is 14.2 Å². The van der Waals surface area contributed by atoms with Gasteiger partial charge in [-0.15, -0.1) is 0 Å². The Labute approximate surface area is 251 Å². The first-order chi connectivity index (χ1) is 21.1. The molecule has 2 aliphatic heterocycles. The van der Waals surface area contributed by atoms with Crippen LogP contribution in [-0.4, -0.2) is 72.3 Å². The molecule has 12 heteroatoms. The molecule has 1 fully saturated rings. The van der Waals surface area contributed by atoms with Crippen molar-refractivity contribution >= 4 is 12.0 Å². The highest BCUT2D eigenvalue weighted by molar-refractivity contribution is 5.82. The van der Waals surface area contributed by atoms with Crippen molar-refractivity contribution in [1.82, 2.24) is 10.2 Å². The fraction of sp³-hybridized carbons (Fsp3) is 0.375. The van der Waals surface area contributed by atoms with Gasteiger partial charge in [-0.3, -0.25) is 4.79 Å². The number of nitrogens with one attached hydrogen (secondary N) is 1. The van der Waals surface area contributed by atoms with Crippen LogP contribution >= 0.6 is 0 Å². The number of nitrogens with zero attached hydrogens (tertiary/aromatic N) is 1. The highest BCUT2D eigenvalue weighted by atomic mass is 19.4. The van der Waals surface area contributed by atoms with Crippen molar-refractivity contribution in [2.24, 2.45) is 0 Å². The van der Waals surface area contributed by atoms with E-state index in [0.29, 0.717) is 24.1 Å². The van der Waals surface area contributed by atoms with Gasteiger partial charge >= 0.3 is 12.3 Å². The van der Waals surface area contributed by atoms with E-state index in [9.17, 15) is 32.3 Å². The maximum Gasteiger partial charge on any atom is 0.416 e. The summed E-state index contributed by atoms with van der Waals surface area (Å²) >= 11 is 0. The first-order valence-electron chi connectivity index (χ1n) is 14.2. The van der Waals surface area contributed by atoms with E-state index in [0.717, 1.165) is 11.1 Å². The molecule has 2 aliphatic rings. The largest absolute Gasteiger partial charge is 0.465 e. The molecule has 234 valence electrons. The molecule has 2 heterocycles. The molecular formula is C32H32F4N2O6. The molecule has 5 atom stereocenters. The Hall–Kier alpha value is -4.00. The molecule has 0 saturated carbocycles. The molecule has 1 saturated heterocycles. The molecule has 44 heavy (non-hydrogen) atoms. The maximum absolute atomic E-state index is 13.9. The van der Waals surface area contributed by atoms with E-state index < -0.39 is 67.6 Å². The zero-order valence-electron chi connectivity index (χ0n) is 23.6. The Morgan fingerprint density at radius 2 is 1.73 bits per heavy atom. The minimum absolute atomic E-state index is 0.0699. The highest BCUT2D eigenvalue weighted by Crippen LogP contribution is 2.37. The van der Waals surface area contributed by atoms with Crippen LogP contribution in [0.5, 0.6) is 0 Å². The maximum atomic E-state index is 13.9. The summed E-state index contributed by atoms with van der Waals surface area (Å²) in [5.74, 6) is -0.884. The lowest BCUT2D eigenvalue weighted by atomic mass is 9.87. The normalized spacial score (nSPS) is 22.6. The number of benzene rings is 3. The van der Waals surface area contributed by atoms with Gasteiger partial charge in [0, 0.05) is 13.0 Å². The Morgan fingerprint density at radius 3 is 2.43 bits per heavy atom. The van der Waals surface area contributed by atoms with Crippen molar-refractivity contribution in [3.8, 4) is 0 Å². The molecule has 0 aliphatic carbocycles. The minimum Gasteiger partial charge on any atom is -0.465 e. The molecule has 0 unspecified atom stereocenters. The van der Waals surface area contributed by atoms with Crippen molar-refractivity contribution in [2.75, 3.05) is 19.8 Å². The highest BCUT2D eigenvalue weighted by Gasteiger charge is 2.47. The van der Waals surface area contributed by atoms with E-state index >= 15 is 0 Å². The zero-order valence-corrected chi connectivity index (χ0v) is 23.6. The Bertz CT molecular complexity index is 1420. The molecule has 0 bridgehead atoms. The van der Waals surface area contributed by atoms with Crippen LogP contribution < -0.4 is 5.32 Å². The van der Waals surface area contributed by atoms with Crippen molar-refractivity contribution in [2.45, 2.75) is 56.0 Å². The van der Waals surface area contributed by atoms with E-state index in [2.05, 4.69) is 5.32 Å². The van der Waals surface area contributed by atoms with Crippen LogP contribution in [0.25, 0.3) is 0 Å². The summed E-state index contributed by atoms with van der Waals surface area (Å²) in [7, 11) is 0. The fourth-order valence-electron chi connectivity index (χ4n) is 5.67. The number of halogens is 4. The molecule has 2 amide bonds. The third-order valence-electron chi connectivity index (χ3n) is 7.80. The fourth-order valence-corrected chi connectivity index (χ4v) is 5.67.